The fourth-order valence-electron chi connectivity index (χ4n) is 2.82. The minimum atomic E-state index is -3.29. The number of hydrogen-bond donors (Lipinski definition) is 1. The van der Waals surface area contributed by atoms with E-state index in [4.69, 9.17) is 9.47 Å². The molecule has 2 heterocycles. The Morgan fingerprint density at radius 1 is 1.23 bits per heavy atom. The van der Waals surface area contributed by atoms with Gasteiger partial charge in [-0.25, -0.2) is 8.42 Å². The summed E-state index contributed by atoms with van der Waals surface area (Å²) >= 11 is 0. The first-order chi connectivity index (χ1) is 10.5. The number of nitrogens with one attached hydrogen (secondary N) is 1. The molecule has 7 nitrogen and oxygen atoms in total. The third kappa shape index (κ3) is 5.49. The number of nitrogens with zero attached hydrogens (tertiary/aromatic N) is 1. The zero-order valence-electron chi connectivity index (χ0n) is 13.1. The molecule has 0 saturated carbocycles. The number of carbonyl (C=O) groups is 1. The van der Waals surface area contributed by atoms with Crippen LogP contribution in [0.2, 0.25) is 0 Å². The van der Waals surface area contributed by atoms with Gasteiger partial charge >= 0.3 is 0 Å². The van der Waals surface area contributed by atoms with E-state index in [1.165, 1.54) is 10.6 Å². The molecule has 0 aromatic rings. The van der Waals surface area contributed by atoms with Gasteiger partial charge in [-0.15, -0.1) is 0 Å². The highest BCUT2D eigenvalue weighted by Gasteiger charge is 2.25. The molecule has 0 aliphatic carbocycles. The number of rotatable bonds is 7. The van der Waals surface area contributed by atoms with E-state index in [1.54, 1.807) is 0 Å². The van der Waals surface area contributed by atoms with Gasteiger partial charge in [-0.05, 0) is 25.7 Å². The minimum Gasteiger partial charge on any atom is -0.381 e. The Balaban J connectivity index is 1.76. The van der Waals surface area contributed by atoms with Crippen molar-refractivity contribution in [2.45, 2.75) is 31.8 Å². The Morgan fingerprint density at radius 3 is 2.55 bits per heavy atom. The lowest BCUT2D eigenvalue weighted by atomic mass is 9.99. The summed E-state index contributed by atoms with van der Waals surface area (Å²) < 4.78 is 35.8. The standard InChI is InChI=1S/C14H26N2O5S/c1-22(18,19)16(11-13-3-2-8-21-13)7-6-15-14(17)12-4-9-20-10-5-12/h12-13H,2-11H2,1H3,(H,15,17). The van der Waals surface area contributed by atoms with Crippen LogP contribution in [-0.2, 0) is 24.3 Å². The van der Waals surface area contributed by atoms with Crippen molar-refractivity contribution >= 4 is 15.9 Å². The quantitative estimate of drug-likeness (QED) is 0.707. The van der Waals surface area contributed by atoms with Crippen LogP contribution in [0.3, 0.4) is 0 Å². The summed E-state index contributed by atoms with van der Waals surface area (Å²) in [5.74, 6) is -0.0209. The van der Waals surface area contributed by atoms with E-state index in [1.807, 2.05) is 0 Å². The van der Waals surface area contributed by atoms with Gasteiger partial charge in [0.25, 0.3) is 0 Å². The van der Waals surface area contributed by atoms with Crippen LogP contribution >= 0.6 is 0 Å². The lowest BCUT2D eigenvalue weighted by Crippen LogP contribution is -2.43. The molecule has 0 aromatic heterocycles. The molecule has 0 spiro atoms. The number of ether oxygens (including phenoxy) is 2. The molecule has 1 N–H and O–H groups in total. The molecule has 2 aliphatic heterocycles. The van der Waals surface area contributed by atoms with Crippen LogP contribution in [0.1, 0.15) is 25.7 Å². The van der Waals surface area contributed by atoms with E-state index < -0.39 is 10.0 Å². The molecule has 0 radical (unpaired) electrons. The zero-order valence-corrected chi connectivity index (χ0v) is 13.9. The van der Waals surface area contributed by atoms with E-state index in [0.29, 0.717) is 32.9 Å². The maximum Gasteiger partial charge on any atom is 0.223 e. The van der Waals surface area contributed by atoms with Crippen molar-refractivity contribution in [1.29, 1.82) is 0 Å². The Hall–Kier alpha value is -0.700. The summed E-state index contributed by atoms with van der Waals surface area (Å²) in [7, 11) is -3.29. The van der Waals surface area contributed by atoms with Crippen molar-refractivity contribution in [2.24, 2.45) is 5.92 Å². The summed E-state index contributed by atoms with van der Waals surface area (Å²) in [6.45, 7) is 2.91. The first-order valence-corrected chi connectivity index (χ1v) is 9.74. The van der Waals surface area contributed by atoms with Crippen LogP contribution in [0.15, 0.2) is 0 Å². The minimum absolute atomic E-state index is 0.00568. The van der Waals surface area contributed by atoms with Gasteiger partial charge < -0.3 is 14.8 Å². The molecule has 2 rings (SSSR count). The SMILES string of the molecule is CS(=O)(=O)N(CCNC(=O)C1CCOCC1)CC1CCCO1. The van der Waals surface area contributed by atoms with Crippen molar-refractivity contribution in [1.82, 2.24) is 9.62 Å². The largest absolute Gasteiger partial charge is 0.381 e. The molecule has 22 heavy (non-hydrogen) atoms. The molecule has 2 fully saturated rings. The summed E-state index contributed by atoms with van der Waals surface area (Å²) in [4.78, 5) is 12.0. The second-order valence-electron chi connectivity index (χ2n) is 5.93. The second kappa shape index (κ2) is 8.24. The van der Waals surface area contributed by atoms with Crippen LogP contribution in [0.25, 0.3) is 0 Å². The summed E-state index contributed by atoms with van der Waals surface area (Å²) in [5, 5.41) is 2.84. The molecule has 0 bridgehead atoms. The molecule has 1 atom stereocenters. The molecule has 2 saturated heterocycles. The van der Waals surface area contributed by atoms with Gasteiger partial charge in [-0.2, -0.15) is 4.31 Å². The second-order valence-corrected chi connectivity index (χ2v) is 7.92. The van der Waals surface area contributed by atoms with Gasteiger partial charge in [-0.3, -0.25) is 4.79 Å². The first kappa shape index (κ1) is 17.7. The lowest BCUT2D eigenvalue weighted by molar-refractivity contribution is -0.127. The van der Waals surface area contributed by atoms with E-state index >= 15 is 0 Å². The van der Waals surface area contributed by atoms with Gasteiger partial charge in [0.2, 0.25) is 15.9 Å². The van der Waals surface area contributed by atoms with Crippen molar-refractivity contribution in [2.75, 3.05) is 45.7 Å². The topological polar surface area (TPSA) is 84.9 Å². The van der Waals surface area contributed by atoms with Gasteiger partial charge in [0, 0.05) is 45.4 Å². The molecular formula is C14H26N2O5S. The summed E-state index contributed by atoms with van der Waals surface area (Å²) in [6.07, 6.45) is 4.50. The summed E-state index contributed by atoms with van der Waals surface area (Å²) in [5.41, 5.74) is 0. The maximum atomic E-state index is 12.0. The van der Waals surface area contributed by atoms with Gasteiger partial charge in [0.05, 0.1) is 12.4 Å². The van der Waals surface area contributed by atoms with Crippen LogP contribution < -0.4 is 5.32 Å². The third-order valence-corrected chi connectivity index (χ3v) is 5.42. The fourth-order valence-corrected chi connectivity index (χ4v) is 3.68. The predicted octanol–water partition coefficient (Wildman–Crippen LogP) is -0.0302. The Labute approximate surface area is 132 Å². The molecule has 0 aromatic carbocycles. The molecule has 128 valence electrons. The first-order valence-electron chi connectivity index (χ1n) is 7.89. The number of amides is 1. The van der Waals surface area contributed by atoms with Crippen molar-refractivity contribution in [3.8, 4) is 0 Å². The Bertz CT molecular complexity index is 456. The predicted molar refractivity (Wildman–Crippen MR) is 81.9 cm³/mol. The fraction of sp³-hybridized carbons (Fsp3) is 0.929. The smallest absolute Gasteiger partial charge is 0.223 e. The van der Waals surface area contributed by atoms with E-state index in [-0.39, 0.29) is 24.5 Å². The summed E-state index contributed by atoms with van der Waals surface area (Å²) in [6, 6.07) is 0. The highest BCUT2D eigenvalue weighted by molar-refractivity contribution is 7.88. The van der Waals surface area contributed by atoms with Crippen molar-refractivity contribution in [3.05, 3.63) is 0 Å². The van der Waals surface area contributed by atoms with Gasteiger partial charge in [0.1, 0.15) is 0 Å². The average molecular weight is 334 g/mol. The number of sulfonamides is 1. The van der Waals surface area contributed by atoms with Crippen LogP contribution in [0.4, 0.5) is 0 Å². The maximum absolute atomic E-state index is 12.0. The third-order valence-electron chi connectivity index (χ3n) is 4.15. The molecular weight excluding hydrogens is 308 g/mol. The Kier molecular flexibility index (Phi) is 6.61. The van der Waals surface area contributed by atoms with E-state index in [2.05, 4.69) is 5.32 Å². The monoisotopic (exact) mass is 334 g/mol. The average Bonchev–Trinajstić information content (AvgIpc) is 2.99. The lowest BCUT2D eigenvalue weighted by Gasteiger charge is -2.24. The van der Waals surface area contributed by atoms with Crippen molar-refractivity contribution in [3.63, 3.8) is 0 Å². The van der Waals surface area contributed by atoms with Crippen LogP contribution in [0, 0.1) is 5.92 Å². The zero-order chi connectivity index (χ0) is 16.0. The number of carbonyl (C=O) groups excluding carboxylic acids is 1. The Morgan fingerprint density at radius 2 is 1.95 bits per heavy atom. The molecule has 1 amide bonds. The molecule has 8 heteroatoms. The van der Waals surface area contributed by atoms with Gasteiger partial charge in [0.15, 0.2) is 0 Å². The normalized spacial score (nSPS) is 23.8. The molecule has 1 unspecified atom stereocenters. The van der Waals surface area contributed by atoms with Gasteiger partial charge in [-0.1, -0.05) is 0 Å². The van der Waals surface area contributed by atoms with E-state index in [0.717, 1.165) is 25.7 Å². The highest BCUT2D eigenvalue weighted by atomic mass is 32.2. The highest BCUT2D eigenvalue weighted by Crippen LogP contribution is 2.15. The molecule has 2 aliphatic rings. The number of hydrogen-bond acceptors (Lipinski definition) is 5. The van der Waals surface area contributed by atoms with E-state index in [9.17, 15) is 13.2 Å². The van der Waals surface area contributed by atoms with Crippen molar-refractivity contribution < 1.29 is 22.7 Å². The van der Waals surface area contributed by atoms with Crippen LogP contribution in [0.5, 0.6) is 0 Å². The van der Waals surface area contributed by atoms with Crippen LogP contribution in [-0.4, -0.2) is 70.4 Å².